The van der Waals surface area contributed by atoms with Gasteiger partial charge in [0.1, 0.15) is 0 Å². The molecule has 0 atom stereocenters. The first-order valence-corrected chi connectivity index (χ1v) is 9.95. The van der Waals surface area contributed by atoms with Crippen LogP contribution in [-0.2, 0) is 0 Å². The van der Waals surface area contributed by atoms with Gasteiger partial charge in [0.25, 0.3) is 0 Å². The van der Waals surface area contributed by atoms with E-state index in [2.05, 4.69) is 47.2 Å². The molecule has 1 heterocycles. The number of piperazine rings is 1. The number of benzene rings is 1. The summed E-state index contributed by atoms with van der Waals surface area (Å²) in [6, 6.07) is 7.05. The molecule has 5 nitrogen and oxygen atoms in total. The van der Waals surface area contributed by atoms with Gasteiger partial charge in [-0.1, -0.05) is 12.1 Å². The van der Waals surface area contributed by atoms with Gasteiger partial charge in [-0.05, 0) is 62.8 Å². The molecule has 0 unspecified atom stereocenters. The zero-order valence-corrected chi connectivity index (χ0v) is 16.8. The average molecular weight is 359 g/mol. The van der Waals surface area contributed by atoms with Gasteiger partial charge in [-0.2, -0.15) is 0 Å². The Morgan fingerprint density at radius 2 is 1.85 bits per heavy atom. The van der Waals surface area contributed by atoms with Gasteiger partial charge < -0.3 is 15.1 Å². The number of amides is 2. The summed E-state index contributed by atoms with van der Waals surface area (Å²) in [4.78, 5) is 18.4. The number of hydrogen-bond donors (Lipinski definition) is 1. The minimum Gasteiger partial charge on any atom is -0.369 e. The number of urea groups is 1. The lowest BCUT2D eigenvalue weighted by atomic mass is 9.78. The van der Waals surface area contributed by atoms with Gasteiger partial charge in [-0.3, -0.25) is 4.90 Å². The maximum Gasteiger partial charge on any atom is 0.317 e. The lowest BCUT2D eigenvalue weighted by Crippen LogP contribution is -2.50. The molecule has 3 rings (SSSR count). The molecule has 0 spiro atoms. The third-order valence-corrected chi connectivity index (χ3v) is 6.11. The van der Waals surface area contributed by atoms with Crippen LogP contribution in [0.15, 0.2) is 18.2 Å². The van der Waals surface area contributed by atoms with Crippen LogP contribution in [-0.4, -0.2) is 68.7 Å². The van der Waals surface area contributed by atoms with E-state index in [0.29, 0.717) is 6.04 Å². The molecule has 1 saturated heterocycles. The maximum absolute atomic E-state index is 11.7. The normalized spacial score (nSPS) is 23.5. The summed E-state index contributed by atoms with van der Waals surface area (Å²) in [5.41, 5.74) is 4.20. The Labute approximate surface area is 158 Å². The standard InChI is InChI=1S/C21H34N4O/c1-16-6-5-7-20(17(16)2)25-12-10-24(11-13-25)9-8-18-14-19(15-18)22-21(26)23(3)4/h5-7,18-19H,8-15H2,1-4H3,(H,22,26). The van der Waals surface area contributed by atoms with Crippen molar-refractivity contribution in [2.75, 3.05) is 51.7 Å². The fraction of sp³-hybridized carbons (Fsp3) is 0.667. The molecule has 0 aromatic heterocycles. The number of carbonyl (C=O) groups excluding carboxylic acids is 1. The second-order valence-electron chi connectivity index (χ2n) is 8.21. The highest BCUT2D eigenvalue weighted by Crippen LogP contribution is 2.31. The van der Waals surface area contributed by atoms with Gasteiger partial charge in [0.2, 0.25) is 0 Å². The smallest absolute Gasteiger partial charge is 0.317 e. The van der Waals surface area contributed by atoms with Crippen LogP contribution < -0.4 is 10.2 Å². The molecule has 1 aliphatic heterocycles. The zero-order valence-electron chi connectivity index (χ0n) is 16.8. The number of nitrogens with zero attached hydrogens (tertiary/aromatic N) is 3. The van der Waals surface area contributed by atoms with Crippen molar-refractivity contribution in [3.8, 4) is 0 Å². The zero-order chi connectivity index (χ0) is 18.7. The minimum atomic E-state index is 0.0380. The predicted molar refractivity (Wildman–Crippen MR) is 108 cm³/mol. The average Bonchev–Trinajstić information content (AvgIpc) is 2.59. The molecule has 2 amide bonds. The molecule has 2 fully saturated rings. The predicted octanol–water partition coefficient (Wildman–Crippen LogP) is 2.87. The molecule has 0 radical (unpaired) electrons. The maximum atomic E-state index is 11.7. The van der Waals surface area contributed by atoms with E-state index in [1.54, 1.807) is 19.0 Å². The Balaban J connectivity index is 1.35. The first-order chi connectivity index (χ1) is 12.4. The number of nitrogens with one attached hydrogen (secondary N) is 1. The summed E-state index contributed by atoms with van der Waals surface area (Å²) in [6.07, 6.45) is 3.54. The van der Waals surface area contributed by atoms with E-state index in [1.807, 2.05) is 0 Å². The van der Waals surface area contributed by atoms with E-state index in [1.165, 1.54) is 29.8 Å². The van der Waals surface area contributed by atoms with Crippen molar-refractivity contribution in [3.63, 3.8) is 0 Å². The molecule has 5 heteroatoms. The molecule has 1 aliphatic carbocycles. The summed E-state index contributed by atoms with van der Waals surface area (Å²) in [5, 5.41) is 3.08. The Kier molecular flexibility index (Phi) is 6.07. The number of rotatable bonds is 5. The fourth-order valence-corrected chi connectivity index (χ4v) is 4.05. The van der Waals surface area contributed by atoms with Crippen molar-refractivity contribution < 1.29 is 4.79 Å². The summed E-state index contributed by atoms with van der Waals surface area (Å²) in [7, 11) is 3.59. The van der Waals surface area contributed by atoms with Gasteiger partial charge >= 0.3 is 6.03 Å². The van der Waals surface area contributed by atoms with E-state index < -0.39 is 0 Å². The number of anilines is 1. The van der Waals surface area contributed by atoms with Crippen molar-refractivity contribution in [3.05, 3.63) is 29.3 Å². The lowest BCUT2D eigenvalue weighted by molar-refractivity contribution is 0.161. The first kappa shape index (κ1) is 19.0. The van der Waals surface area contributed by atoms with Crippen LogP contribution in [0.25, 0.3) is 0 Å². The molecule has 1 aromatic rings. The number of carbonyl (C=O) groups is 1. The molecule has 2 aliphatic rings. The third kappa shape index (κ3) is 4.50. The number of hydrogen-bond acceptors (Lipinski definition) is 3. The number of aryl methyl sites for hydroxylation is 1. The molecule has 1 saturated carbocycles. The molecule has 144 valence electrons. The Morgan fingerprint density at radius 1 is 1.15 bits per heavy atom. The van der Waals surface area contributed by atoms with Crippen molar-refractivity contribution in [1.82, 2.24) is 15.1 Å². The fourth-order valence-electron chi connectivity index (χ4n) is 4.05. The van der Waals surface area contributed by atoms with Crippen molar-refractivity contribution in [1.29, 1.82) is 0 Å². The van der Waals surface area contributed by atoms with E-state index >= 15 is 0 Å². The second kappa shape index (κ2) is 8.30. The van der Waals surface area contributed by atoms with Crippen LogP contribution in [0.4, 0.5) is 10.5 Å². The highest BCUT2D eigenvalue weighted by Gasteiger charge is 2.31. The molecule has 1 aromatic carbocycles. The van der Waals surface area contributed by atoms with Crippen molar-refractivity contribution in [2.24, 2.45) is 5.92 Å². The van der Waals surface area contributed by atoms with Gasteiger partial charge in [0, 0.05) is 52.0 Å². The monoisotopic (exact) mass is 358 g/mol. The van der Waals surface area contributed by atoms with Crippen LogP contribution in [0, 0.1) is 19.8 Å². The largest absolute Gasteiger partial charge is 0.369 e. The van der Waals surface area contributed by atoms with Crippen LogP contribution in [0.2, 0.25) is 0 Å². The SMILES string of the molecule is Cc1cccc(N2CCN(CCC3CC(NC(=O)N(C)C)C3)CC2)c1C. The van der Waals surface area contributed by atoms with E-state index in [-0.39, 0.29) is 6.03 Å². The molecule has 1 N–H and O–H groups in total. The van der Waals surface area contributed by atoms with Crippen molar-refractivity contribution >= 4 is 11.7 Å². The topological polar surface area (TPSA) is 38.8 Å². The second-order valence-corrected chi connectivity index (χ2v) is 8.21. The van der Waals surface area contributed by atoms with Crippen LogP contribution in [0.1, 0.15) is 30.4 Å². The molecule has 26 heavy (non-hydrogen) atoms. The van der Waals surface area contributed by atoms with Crippen LogP contribution in [0.5, 0.6) is 0 Å². The highest BCUT2D eigenvalue weighted by atomic mass is 16.2. The van der Waals surface area contributed by atoms with Crippen LogP contribution in [0.3, 0.4) is 0 Å². The van der Waals surface area contributed by atoms with Crippen LogP contribution >= 0.6 is 0 Å². The Morgan fingerprint density at radius 3 is 2.50 bits per heavy atom. The van der Waals surface area contributed by atoms with Gasteiger partial charge in [0.05, 0.1) is 0 Å². The van der Waals surface area contributed by atoms with Gasteiger partial charge in [-0.15, -0.1) is 0 Å². The summed E-state index contributed by atoms with van der Waals surface area (Å²) < 4.78 is 0. The Bertz CT molecular complexity index is 616. The molecule has 0 bridgehead atoms. The highest BCUT2D eigenvalue weighted by molar-refractivity contribution is 5.73. The molecular formula is C21H34N4O. The Hall–Kier alpha value is -1.75. The van der Waals surface area contributed by atoms with Crippen molar-refractivity contribution in [2.45, 2.75) is 39.2 Å². The third-order valence-electron chi connectivity index (χ3n) is 6.11. The van der Waals surface area contributed by atoms with E-state index in [0.717, 1.165) is 44.9 Å². The van der Waals surface area contributed by atoms with Gasteiger partial charge in [0.15, 0.2) is 0 Å². The minimum absolute atomic E-state index is 0.0380. The van der Waals surface area contributed by atoms with E-state index in [9.17, 15) is 4.79 Å². The van der Waals surface area contributed by atoms with E-state index in [4.69, 9.17) is 0 Å². The summed E-state index contributed by atoms with van der Waals surface area (Å²) >= 11 is 0. The summed E-state index contributed by atoms with van der Waals surface area (Å²) in [5.74, 6) is 0.777. The molecular weight excluding hydrogens is 324 g/mol. The van der Waals surface area contributed by atoms with Gasteiger partial charge in [-0.25, -0.2) is 4.79 Å². The summed E-state index contributed by atoms with van der Waals surface area (Å²) in [6.45, 7) is 10.2. The quantitative estimate of drug-likeness (QED) is 0.880. The first-order valence-electron chi connectivity index (χ1n) is 9.95. The lowest BCUT2D eigenvalue weighted by Gasteiger charge is -2.40.